The highest BCUT2D eigenvalue weighted by Crippen LogP contribution is 2.41. The number of anilines is 3. The van der Waals surface area contributed by atoms with E-state index in [0.29, 0.717) is 0 Å². The quantitative estimate of drug-likeness (QED) is 0.146. The van der Waals surface area contributed by atoms with Crippen LogP contribution < -0.4 is 4.90 Å². The van der Waals surface area contributed by atoms with Gasteiger partial charge in [0.2, 0.25) is 0 Å². The van der Waals surface area contributed by atoms with Gasteiger partial charge in [-0.15, -0.1) is 0 Å². The van der Waals surface area contributed by atoms with E-state index in [1.165, 1.54) is 87.5 Å². The number of para-hydroxylation sites is 2. The van der Waals surface area contributed by atoms with E-state index in [0.717, 1.165) is 22.7 Å². The van der Waals surface area contributed by atoms with Gasteiger partial charge < -0.3 is 9.47 Å². The number of hydrogen-bond donors (Lipinski definition) is 0. The molecule has 0 unspecified atom stereocenters. The maximum Gasteiger partial charge on any atom is 0.0541 e. The second kappa shape index (κ2) is 14.8. The summed E-state index contributed by atoms with van der Waals surface area (Å²) in [6.45, 7) is 0. The highest BCUT2D eigenvalue weighted by Gasteiger charge is 2.17. The average Bonchev–Trinajstić information content (AvgIpc) is 3.68. The molecule has 1 heterocycles. The molecule has 0 amide bonds. The molecule has 0 saturated carbocycles. The highest BCUT2D eigenvalue weighted by molar-refractivity contribution is 6.12. The number of fused-ring (bicyclic) bond motifs is 7. The number of rotatable bonds is 7. The molecule has 0 bridgehead atoms. The lowest BCUT2D eigenvalue weighted by atomic mass is 9.94. The number of hydrogen-bond acceptors (Lipinski definition) is 1. The molecule has 12 rings (SSSR count). The van der Waals surface area contributed by atoms with Gasteiger partial charge in [-0.05, 0) is 132 Å². The van der Waals surface area contributed by atoms with E-state index in [2.05, 4.69) is 252 Å². The summed E-state index contributed by atoms with van der Waals surface area (Å²) in [5.41, 5.74) is 14.0. The van der Waals surface area contributed by atoms with Crippen molar-refractivity contribution in [2.75, 3.05) is 4.90 Å². The van der Waals surface area contributed by atoms with E-state index in [1.54, 1.807) is 0 Å². The molecule has 12 aromatic rings. The molecule has 0 radical (unpaired) electrons. The van der Waals surface area contributed by atoms with Gasteiger partial charge >= 0.3 is 0 Å². The smallest absolute Gasteiger partial charge is 0.0541 e. The standard InChI is InChI=1S/C60H40N2/c1-3-20-51-42(13-1)15-11-24-53(51)45-17-9-16-44(39-45)41-29-32-47(33-30-41)61(48-34-36-49(37-35-48)62-59-27-7-5-22-57(59)58-23-6-8-28-60(58)62)50-19-10-18-46(40-50)54-25-12-26-55-52-21-4-2-14-43(52)31-38-56(54)55/h1-40H. The number of aromatic nitrogens is 1. The van der Waals surface area contributed by atoms with Crippen LogP contribution >= 0.6 is 0 Å². The summed E-state index contributed by atoms with van der Waals surface area (Å²) in [6.07, 6.45) is 0. The van der Waals surface area contributed by atoms with Gasteiger partial charge in [-0.2, -0.15) is 0 Å². The molecule has 0 fully saturated rings. The minimum Gasteiger partial charge on any atom is -0.310 e. The Bertz CT molecular complexity index is 3570. The van der Waals surface area contributed by atoms with E-state index in [9.17, 15) is 0 Å². The minimum atomic E-state index is 1.08. The lowest BCUT2D eigenvalue weighted by Gasteiger charge is -2.27. The van der Waals surface area contributed by atoms with Crippen LogP contribution in [-0.4, -0.2) is 4.57 Å². The second-order valence-electron chi connectivity index (χ2n) is 16.1. The zero-order chi connectivity index (χ0) is 41.0. The van der Waals surface area contributed by atoms with Gasteiger partial charge in [0.15, 0.2) is 0 Å². The molecule has 2 nitrogen and oxygen atoms in total. The van der Waals surface area contributed by atoms with Gasteiger partial charge in [0.1, 0.15) is 0 Å². The van der Waals surface area contributed by atoms with Crippen LogP contribution in [0.2, 0.25) is 0 Å². The highest BCUT2D eigenvalue weighted by atomic mass is 15.1. The van der Waals surface area contributed by atoms with Gasteiger partial charge in [-0.25, -0.2) is 0 Å². The predicted molar refractivity (Wildman–Crippen MR) is 264 cm³/mol. The van der Waals surface area contributed by atoms with Crippen molar-refractivity contribution in [3.05, 3.63) is 243 Å². The summed E-state index contributed by atoms with van der Waals surface area (Å²) in [4.78, 5) is 2.38. The number of benzene rings is 11. The fourth-order valence-electron chi connectivity index (χ4n) is 9.65. The van der Waals surface area contributed by atoms with Crippen LogP contribution in [0.3, 0.4) is 0 Å². The molecule has 0 aliphatic heterocycles. The molecule has 0 saturated heterocycles. The Morgan fingerprint density at radius 3 is 1.48 bits per heavy atom. The normalized spacial score (nSPS) is 11.5. The third kappa shape index (κ3) is 6.04. The molecule has 290 valence electrons. The first-order valence-corrected chi connectivity index (χ1v) is 21.3. The third-order valence-electron chi connectivity index (χ3n) is 12.6. The summed E-state index contributed by atoms with van der Waals surface area (Å²) < 4.78 is 2.38. The van der Waals surface area contributed by atoms with Crippen LogP contribution in [-0.2, 0) is 0 Å². The van der Waals surface area contributed by atoms with E-state index in [-0.39, 0.29) is 0 Å². The van der Waals surface area contributed by atoms with E-state index >= 15 is 0 Å². The van der Waals surface area contributed by atoms with Crippen molar-refractivity contribution in [3.63, 3.8) is 0 Å². The van der Waals surface area contributed by atoms with Gasteiger partial charge in [-0.1, -0.05) is 176 Å². The van der Waals surface area contributed by atoms with E-state index in [1.807, 2.05) is 0 Å². The Kier molecular flexibility index (Phi) is 8.53. The molecule has 0 spiro atoms. The first kappa shape index (κ1) is 35.7. The third-order valence-corrected chi connectivity index (χ3v) is 12.6. The van der Waals surface area contributed by atoms with Crippen molar-refractivity contribution in [3.8, 4) is 39.1 Å². The van der Waals surface area contributed by atoms with Gasteiger partial charge in [0.05, 0.1) is 11.0 Å². The monoisotopic (exact) mass is 788 g/mol. The molecule has 0 aliphatic carbocycles. The molecule has 0 N–H and O–H groups in total. The Hall–Kier alpha value is -8.20. The van der Waals surface area contributed by atoms with Gasteiger partial charge in [0, 0.05) is 33.5 Å². The molecular formula is C60H40N2. The minimum absolute atomic E-state index is 1.08. The van der Waals surface area contributed by atoms with Crippen molar-refractivity contribution in [2.45, 2.75) is 0 Å². The Balaban J connectivity index is 0.971. The predicted octanol–water partition coefficient (Wildman–Crippen LogP) is 16.7. The van der Waals surface area contributed by atoms with Crippen molar-refractivity contribution in [1.29, 1.82) is 0 Å². The van der Waals surface area contributed by atoms with Crippen LogP contribution in [0.5, 0.6) is 0 Å². The zero-order valence-electron chi connectivity index (χ0n) is 34.0. The first-order chi connectivity index (χ1) is 30.7. The molecule has 1 aromatic heterocycles. The average molecular weight is 789 g/mol. The Morgan fingerprint density at radius 2 is 0.758 bits per heavy atom. The van der Waals surface area contributed by atoms with Crippen molar-refractivity contribution < 1.29 is 0 Å². The fourth-order valence-corrected chi connectivity index (χ4v) is 9.65. The van der Waals surface area contributed by atoms with Gasteiger partial charge in [-0.3, -0.25) is 0 Å². The summed E-state index contributed by atoms with van der Waals surface area (Å²) in [6, 6.07) is 88.5. The van der Waals surface area contributed by atoms with Crippen LogP contribution in [0.1, 0.15) is 0 Å². The summed E-state index contributed by atoms with van der Waals surface area (Å²) >= 11 is 0. The fraction of sp³-hybridized carbons (Fsp3) is 0. The Labute approximate surface area is 360 Å². The van der Waals surface area contributed by atoms with E-state index < -0.39 is 0 Å². The van der Waals surface area contributed by atoms with Crippen molar-refractivity contribution in [1.82, 2.24) is 4.57 Å². The lowest BCUT2D eigenvalue weighted by Crippen LogP contribution is -2.10. The summed E-state index contributed by atoms with van der Waals surface area (Å²) in [5.74, 6) is 0. The van der Waals surface area contributed by atoms with Crippen molar-refractivity contribution >= 4 is 71.2 Å². The maximum atomic E-state index is 2.38. The molecule has 62 heavy (non-hydrogen) atoms. The topological polar surface area (TPSA) is 8.17 Å². The lowest BCUT2D eigenvalue weighted by molar-refractivity contribution is 1.17. The molecule has 0 aliphatic rings. The first-order valence-electron chi connectivity index (χ1n) is 21.3. The summed E-state index contributed by atoms with van der Waals surface area (Å²) in [7, 11) is 0. The zero-order valence-corrected chi connectivity index (χ0v) is 34.0. The van der Waals surface area contributed by atoms with Crippen LogP contribution in [0.25, 0.3) is 93.2 Å². The van der Waals surface area contributed by atoms with Crippen LogP contribution in [0, 0.1) is 0 Å². The second-order valence-corrected chi connectivity index (χ2v) is 16.1. The molecule has 0 atom stereocenters. The molecule has 2 heteroatoms. The molecule has 11 aromatic carbocycles. The van der Waals surface area contributed by atoms with Crippen LogP contribution in [0.4, 0.5) is 17.1 Å². The largest absolute Gasteiger partial charge is 0.310 e. The summed E-state index contributed by atoms with van der Waals surface area (Å²) in [5, 5.41) is 10.1. The van der Waals surface area contributed by atoms with Crippen molar-refractivity contribution in [2.24, 2.45) is 0 Å². The SMILES string of the molecule is c1cc(-c2ccc(N(c3ccc(-n4c5ccccc5c5ccccc54)cc3)c3cccc(-c4cccc5c4ccc4ccccc45)c3)cc2)cc(-c2cccc3ccccc23)c1. The maximum absolute atomic E-state index is 2.38. The number of nitrogens with zero attached hydrogens (tertiary/aromatic N) is 2. The molecular weight excluding hydrogens is 749 g/mol. The van der Waals surface area contributed by atoms with Gasteiger partial charge in [0.25, 0.3) is 0 Å². The van der Waals surface area contributed by atoms with Crippen LogP contribution in [0.15, 0.2) is 243 Å². The van der Waals surface area contributed by atoms with E-state index in [4.69, 9.17) is 0 Å². The Morgan fingerprint density at radius 1 is 0.258 bits per heavy atom.